The highest BCUT2D eigenvalue weighted by atomic mass is 16.5. The Labute approximate surface area is 159 Å². The van der Waals surface area contributed by atoms with Gasteiger partial charge in [-0.05, 0) is 43.2 Å². The minimum Gasteiger partial charge on any atom is -0.493 e. The molecule has 0 aliphatic heterocycles. The van der Waals surface area contributed by atoms with Gasteiger partial charge in [-0.15, -0.1) is 0 Å². The zero-order valence-corrected chi connectivity index (χ0v) is 16.3. The van der Waals surface area contributed by atoms with Gasteiger partial charge >= 0.3 is 0 Å². The van der Waals surface area contributed by atoms with Crippen molar-refractivity contribution >= 4 is 11.4 Å². The fourth-order valence-electron chi connectivity index (χ4n) is 4.84. The minimum absolute atomic E-state index is 0.0313. The molecule has 1 aromatic carbocycles. The first-order chi connectivity index (χ1) is 13.1. The molecule has 3 aliphatic rings. The molecule has 0 saturated heterocycles. The lowest BCUT2D eigenvalue weighted by molar-refractivity contribution is -0.120. The molecule has 1 N–H and O–H groups in total. The van der Waals surface area contributed by atoms with Gasteiger partial charge in [0.25, 0.3) is 0 Å². The summed E-state index contributed by atoms with van der Waals surface area (Å²) in [6, 6.07) is 2.17. The Balaban J connectivity index is 1.98. The number of nitrogens with one attached hydrogen (secondary N) is 1. The van der Waals surface area contributed by atoms with Crippen LogP contribution in [0.3, 0.4) is 0 Å². The second-order valence-corrected chi connectivity index (χ2v) is 7.03. The second kappa shape index (κ2) is 6.60. The second-order valence-electron chi connectivity index (χ2n) is 7.03. The first-order valence-corrected chi connectivity index (χ1v) is 9.14. The number of Topliss-reactive ketones (excluding diaryl/α,β-unsaturated/α-hetero) is 1. The van der Waals surface area contributed by atoms with Crippen molar-refractivity contribution in [2.45, 2.75) is 18.9 Å². The Kier molecular flexibility index (Phi) is 4.38. The number of carbonyl (C=O) groups excluding carboxylic acids is 1. The van der Waals surface area contributed by atoms with Gasteiger partial charge in [0.1, 0.15) is 0 Å². The van der Waals surface area contributed by atoms with Gasteiger partial charge < -0.3 is 24.3 Å². The third-order valence-electron chi connectivity index (χ3n) is 6.05. The van der Waals surface area contributed by atoms with Crippen LogP contribution in [-0.4, -0.2) is 41.3 Å². The lowest BCUT2D eigenvalue weighted by Gasteiger charge is -2.37. The van der Waals surface area contributed by atoms with Crippen LogP contribution in [0.1, 0.15) is 30.0 Å². The van der Waals surface area contributed by atoms with Crippen molar-refractivity contribution in [2.75, 3.05) is 35.5 Å². The monoisotopic (exact) mass is 371 g/mol. The van der Waals surface area contributed by atoms with Gasteiger partial charge in [-0.3, -0.25) is 4.79 Å². The first-order valence-electron chi connectivity index (χ1n) is 9.14. The van der Waals surface area contributed by atoms with E-state index in [9.17, 15) is 4.79 Å². The van der Waals surface area contributed by atoms with Crippen molar-refractivity contribution in [3.05, 3.63) is 34.6 Å². The summed E-state index contributed by atoms with van der Waals surface area (Å²) in [6.07, 6.45) is 3.71. The molecular weight excluding hydrogens is 346 g/mol. The van der Waals surface area contributed by atoms with Crippen molar-refractivity contribution in [2.24, 2.45) is 11.8 Å². The number of benzene rings is 1. The first kappa shape index (κ1) is 17.9. The van der Waals surface area contributed by atoms with Crippen LogP contribution >= 0.6 is 0 Å². The molecule has 0 amide bonds. The van der Waals surface area contributed by atoms with E-state index in [1.165, 1.54) is 11.1 Å². The maximum atomic E-state index is 12.7. The highest BCUT2D eigenvalue weighted by molar-refractivity contribution is 6.08. The van der Waals surface area contributed by atoms with Gasteiger partial charge in [0.05, 0.1) is 34.4 Å². The van der Waals surface area contributed by atoms with E-state index >= 15 is 0 Å². The van der Waals surface area contributed by atoms with Crippen molar-refractivity contribution < 1.29 is 23.7 Å². The lowest BCUT2D eigenvalue weighted by atomic mass is 9.65. The van der Waals surface area contributed by atoms with E-state index in [-0.39, 0.29) is 23.7 Å². The summed E-state index contributed by atoms with van der Waals surface area (Å²) in [7, 11) is 8.39. The summed E-state index contributed by atoms with van der Waals surface area (Å²) in [5.41, 5.74) is 4.50. The Bertz CT molecular complexity index is 870. The molecule has 27 heavy (non-hydrogen) atoms. The fourth-order valence-corrected chi connectivity index (χ4v) is 4.84. The van der Waals surface area contributed by atoms with E-state index in [0.717, 1.165) is 24.0 Å². The fraction of sp³-hybridized carbons (Fsp3) is 0.476. The number of methoxy groups -OCH3 is 4. The topological polar surface area (TPSA) is 66.0 Å². The Morgan fingerprint density at radius 2 is 1.78 bits per heavy atom. The standard InChI is InChI=1S/C21H25NO5/c1-22-13-7-6-10-16(12-9-14(24-2)19(23)17(10)12)18-11(13)8-15(25-3)20(26-4)21(18)27-5/h8-9,12-13,17,22H,6-7H2,1-5H3. The number of rotatable bonds is 5. The number of hydrogen-bond donors (Lipinski definition) is 1. The average Bonchev–Trinajstić information content (AvgIpc) is 2.87. The van der Waals surface area contributed by atoms with Gasteiger partial charge in [-0.25, -0.2) is 0 Å². The zero-order valence-electron chi connectivity index (χ0n) is 16.3. The summed E-state index contributed by atoms with van der Waals surface area (Å²) in [6.45, 7) is 0. The van der Waals surface area contributed by atoms with E-state index < -0.39 is 0 Å². The van der Waals surface area contributed by atoms with Crippen LogP contribution in [0.2, 0.25) is 0 Å². The molecule has 0 radical (unpaired) electrons. The van der Waals surface area contributed by atoms with E-state index in [1.54, 1.807) is 28.4 Å². The number of fused-ring (bicyclic) bond motifs is 5. The number of ether oxygens (including phenoxy) is 4. The van der Waals surface area contributed by atoms with Crippen molar-refractivity contribution in [3.63, 3.8) is 0 Å². The van der Waals surface area contributed by atoms with Gasteiger partial charge in [0, 0.05) is 17.5 Å². The van der Waals surface area contributed by atoms with Crippen LogP contribution < -0.4 is 19.5 Å². The molecule has 3 aliphatic carbocycles. The number of hydrogen-bond acceptors (Lipinski definition) is 6. The van der Waals surface area contributed by atoms with Gasteiger partial charge in [0.15, 0.2) is 17.3 Å². The predicted molar refractivity (Wildman–Crippen MR) is 101 cm³/mol. The Hall–Kier alpha value is -2.47. The molecule has 0 fully saturated rings. The van der Waals surface area contributed by atoms with Crippen LogP contribution in [0, 0.1) is 11.8 Å². The molecule has 4 rings (SSSR count). The summed E-state index contributed by atoms with van der Waals surface area (Å²) in [4.78, 5) is 12.7. The van der Waals surface area contributed by atoms with Crippen LogP contribution in [0.25, 0.3) is 5.57 Å². The lowest BCUT2D eigenvalue weighted by Crippen LogP contribution is -2.31. The van der Waals surface area contributed by atoms with Crippen molar-refractivity contribution in [3.8, 4) is 17.2 Å². The van der Waals surface area contributed by atoms with Gasteiger partial charge in [0.2, 0.25) is 11.5 Å². The normalized spacial score (nSPS) is 25.6. The zero-order chi connectivity index (χ0) is 19.3. The number of allylic oxidation sites excluding steroid dienone is 4. The average molecular weight is 371 g/mol. The molecule has 0 spiro atoms. The van der Waals surface area contributed by atoms with Crippen LogP contribution in [0.4, 0.5) is 0 Å². The number of ketones is 1. The SMILES string of the molecule is CNC1CCC2=C(c3c1cc(OC)c(OC)c3OC)C1C=C(OC)C(=O)C21. The molecule has 144 valence electrons. The van der Waals surface area contributed by atoms with Crippen LogP contribution in [0.15, 0.2) is 23.5 Å². The molecule has 0 bridgehead atoms. The summed E-state index contributed by atoms with van der Waals surface area (Å²) < 4.78 is 22.3. The van der Waals surface area contributed by atoms with E-state index in [0.29, 0.717) is 23.0 Å². The van der Waals surface area contributed by atoms with E-state index in [4.69, 9.17) is 18.9 Å². The summed E-state index contributed by atoms with van der Waals surface area (Å²) in [5, 5.41) is 3.40. The third kappa shape index (κ3) is 2.32. The highest BCUT2D eigenvalue weighted by Gasteiger charge is 2.52. The van der Waals surface area contributed by atoms with E-state index in [2.05, 4.69) is 5.32 Å². The van der Waals surface area contributed by atoms with Gasteiger partial charge in [-0.1, -0.05) is 5.57 Å². The van der Waals surface area contributed by atoms with Crippen molar-refractivity contribution in [1.29, 1.82) is 0 Å². The molecule has 1 aromatic rings. The molecule has 3 unspecified atom stereocenters. The Morgan fingerprint density at radius 3 is 2.37 bits per heavy atom. The van der Waals surface area contributed by atoms with Crippen LogP contribution in [0.5, 0.6) is 17.2 Å². The maximum absolute atomic E-state index is 12.7. The molecule has 0 heterocycles. The molecule has 3 atom stereocenters. The maximum Gasteiger partial charge on any atom is 0.205 e. The smallest absolute Gasteiger partial charge is 0.205 e. The Morgan fingerprint density at radius 1 is 1.04 bits per heavy atom. The van der Waals surface area contributed by atoms with Gasteiger partial charge in [-0.2, -0.15) is 0 Å². The van der Waals surface area contributed by atoms with E-state index in [1.807, 2.05) is 19.2 Å². The molecule has 0 aromatic heterocycles. The molecule has 6 nitrogen and oxygen atoms in total. The molecule has 6 heteroatoms. The summed E-state index contributed by atoms with van der Waals surface area (Å²) >= 11 is 0. The largest absolute Gasteiger partial charge is 0.493 e. The molecular formula is C21H25NO5. The third-order valence-corrected chi connectivity index (χ3v) is 6.05. The highest BCUT2D eigenvalue weighted by Crippen LogP contribution is 2.60. The minimum atomic E-state index is -0.101. The number of carbonyl (C=O) groups is 1. The quantitative estimate of drug-likeness (QED) is 0.859. The molecule has 0 saturated carbocycles. The van der Waals surface area contributed by atoms with Crippen LogP contribution in [-0.2, 0) is 9.53 Å². The summed E-state index contributed by atoms with van der Waals surface area (Å²) in [5.74, 6) is 2.36. The predicted octanol–water partition coefficient (Wildman–Crippen LogP) is 2.88. The van der Waals surface area contributed by atoms with Crippen molar-refractivity contribution in [1.82, 2.24) is 5.32 Å².